The number of nitrogens with zero attached hydrogens (tertiary/aromatic N) is 1. The van der Waals surface area contributed by atoms with Crippen molar-refractivity contribution in [2.24, 2.45) is 0 Å². The molecule has 0 radical (unpaired) electrons. The molecule has 1 rings (SSSR count). The van der Waals surface area contributed by atoms with Gasteiger partial charge in [-0.15, -0.1) is 0 Å². The van der Waals surface area contributed by atoms with Crippen LogP contribution < -0.4 is 5.48 Å². The van der Waals surface area contributed by atoms with E-state index in [4.69, 9.17) is 11.6 Å². The van der Waals surface area contributed by atoms with Crippen molar-refractivity contribution in [1.29, 1.82) is 0 Å². The highest BCUT2D eigenvalue weighted by molar-refractivity contribution is 6.31. The fourth-order valence-corrected chi connectivity index (χ4v) is 1.19. The van der Waals surface area contributed by atoms with Gasteiger partial charge in [-0.2, -0.15) is 0 Å². The molecule has 0 fully saturated rings. The third-order valence-electron chi connectivity index (χ3n) is 1.55. The highest BCUT2D eigenvalue weighted by Crippen LogP contribution is 2.20. The maximum Gasteiger partial charge on any atom is 0.275 e. The summed E-state index contributed by atoms with van der Waals surface area (Å²) in [4.78, 5) is 25.5. The molecule has 1 aromatic carbocycles. The molecule has 0 bridgehead atoms. The van der Waals surface area contributed by atoms with Crippen LogP contribution in [-0.4, -0.2) is 17.9 Å². The molecule has 0 spiro atoms. The molecule has 1 amide bonds. The van der Waals surface area contributed by atoms with Crippen LogP contribution in [0.25, 0.3) is 0 Å². The molecule has 0 aliphatic carbocycles. The number of hydroxylamine groups is 1. The smallest absolute Gasteiger partial charge is 0.275 e. The predicted octanol–water partition coefficient (Wildman–Crippen LogP) is 1.54. The Balaban J connectivity index is 3.09. The van der Waals surface area contributed by atoms with Crippen LogP contribution in [0.3, 0.4) is 0 Å². The molecule has 0 aromatic heterocycles. The first-order valence-electron chi connectivity index (χ1n) is 3.83. The Morgan fingerprint density at radius 1 is 1.53 bits per heavy atom. The van der Waals surface area contributed by atoms with Gasteiger partial charge in [0.15, 0.2) is 0 Å². The van der Waals surface area contributed by atoms with Gasteiger partial charge >= 0.3 is 0 Å². The number of nitrogens with one attached hydrogen (secondary N) is 1. The van der Waals surface area contributed by atoms with Crippen molar-refractivity contribution in [3.63, 3.8) is 0 Å². The first-order chi connectivity index (χ1) is 7.04. The first-order valence-corrected chi connectivity index (χ1v) is 4.20. The molecule has 80 valence electrons. The minimum Gasteiger partial charge on any atom is -0.277 e. The summed E-state index contributed by atoms with van der Waals surface area (Å²) in [7, 11) is 1.26. The van der Waals surface area contributed by atoms with Crippen molar-refractivity contribution in [2.75, 3.05) is 7.11 Å². The Morgan fingerprint density at radius 2 is 2.20 bits per heavy atom. The molecule has 15 heavy (non-hydrogen) atoms. The van der Waals surface area contributed by atoms with E-state index in [1.807, 2.05) is 5.48 Å². The molecule has 0 aliphatic heterocycles. The molecule has 0 heterocycles. The molecule has 6 nitrogen and oxygen atoms in total. The van der Waals surface area contributed by atoms with E-state index < -0.39 is 10.8 Å². The van der Waals surface area contributed by atoms with Crippen LogP contribution in [-0.2, 0) is 4.84 Å². The van der Waals surface area contributed by atoms with E-state index in [1.165, 1.54) is 13.2 Å². The number of carbonyl (C=O) groups excluding carboxylic acids is 1. The number of nitro groups is 1. The lowest BCUT2D eigenvalue weighted by Crippen LogP contribution is -2.21. The number of non-ortho nitro benzene ring substituents is 1. The van der Waals surface area contributed by atoms with Crippen molar-refractivity contribution in [1.82, 2.24) is 5.48 Å². The summed E-state index contributed by atoms with van der Waals surface area (Å²) in [6, 6.07) is 3.58. The number of rotatable bonds is 3. The Hall–Kier alpha value is -1.66. The summed E-state index contributed by atoms with van der Waals surface area (Å²) in [6.45, 7) is 0. The van der Waals surface area contributed by atoms with Gasteiger partial charge in [0.25, 0.3) is 11.6 Å². The van der Waals surface area contributed by atoms with Crippen molar-refractivity contribution in [3.8, 4) is 0 Å². The van der Waals surface area contributed by atoms with Crippen LogP contribution in [0, 0.1) is 10.1 Å². The van der Waals surface area contributed by atoms with Crippen molar-refractivity contribution >= 4 is 23.2 Å². The summed E-state index contributed by atoms with van der Waals surface area (Å²) >= 11 is 5.61. The number of hydrogen-bond acceptors (Lipinski definition) is 4. The lowest BCUT2D eigenvalue weighted by atomic mass is 10.2. The van der Waals surface area contributed by atoms with Crippen LogP contribution in [0.2, 0.25) is 5.02 Å². The third kappa shape index (κ3) is 2.90. The Bertz CT molecular complexity index is 408. The lowest BCUT2D eigenvalue weighted by molar-refractivity contribution is -0.384. The topological polar surface area (TPSA) is 81.5 Å². The molecule has 7 heteroatoms. The fraction of sp³-hybridized carbons (Fsp3) is 0.125. The van der Waals surface area contributed by atoms with E-state index in [0.717, 1.165) is 12.1 Å². The molecule has 0 unspecified atom stereocenters. The lowest BCUT2D eigenvalue weighted by Gasteiger charge is -2.02. The minimum absolute atomic E-state index is 0.0658. The largest absolute Gasteiger partial charge is 0.277 e. The van der Waals surface area contributed by atoms with Crippen LogP contribution in [0.4, 0.5) is 5.69 Å². The molecule has 0 saturated heterocycles. The monoisotopic (exact) mass is 230 g/mol. The maximum absolute atomic E-state index is 11.3. The summed E-state index contributed by atoms with van der Waals surface area (Å²) in [6.07, 6.45) is 0. The fourth-order valence-electron chi connectivity index (χ4n) is 0.962. The molecule has 0 saturated carbocycles. The first kappa shape index (κ1) is 11.4. The van der Waals surface area contributed by atoms with Crippen LogP contribution in [0.5, 0.6) is 0 Å². The molecule has 0 aliphatic rings. The molecule has 1 aromatic rings. The van der Waals surface area contributed by atoms with E-state index in [-0.39, 0.29) is 16.3 Å². The van der Waals surface area contributed by atoms with Gasteiger partial charge in [-0.3, -0.25) is 19.7 Å². The van der Waals surface area contributed by atoms with Gasteiger partial charge in [0, 0.05) is 22.7 Å². The molecule has 1 N–H and O–H groups in total. The summed E-state index contributed by atoms with van der Waals surface area (Å²) in [5.74, 6) is -0.594. The average molecular weight is 231 g/mol. The van der Waals surface area contributed by atoms with Gasteiger partial charge in [0.1, 0.15) is 0 Å². The normalized spacial score (nSPS) is 9.73. The Labute approximate surface area is 89.9 Å². The number of nitro benzene ring substituents is 1. The van der Waals surface area contributed by atoms with Gasteiger partial charge in [-0.1, -0.05) is 11.6 Å². The average Bonchev–Trinajstić information content (AvgIpc) is 2.17. The zero-order chi connectivity index (χ0) is 11.4. The highest BCUT2D eigenvalue weighted by Gasteiger charge is 2.13. The number of benzene rings is 1. The van der Waals surface area contributed by atoms with Crippen molar-refractivity contribution < 1.29 is 14.6 Å². The van der Waals surface area contributed by atoms with Gasteiger partial charge in [0.2, 0.25) is 0 Å². The van der Waals surface area contributed by atoms with E-state index in [9.17, 15) is 14.9 Å². The van der Waals surface area contributed by atoms with E-state index in [1.54, 1.807) is 0 Å². The second-order valence-corrected chi connectivity index (χ2v) is 3.03. The van der Waals surface area contributed by atoms with Crippen molar-refractivity contribution in [2.45, 2.75) is 0 Å². The zero-order valence-electron chi connectivity index (χ0n) is 7.69. The quantitative estimate of drug-likeness (QED) is 0.631. The summed E-state index contributed by atoms with van der Waals surface area (Å²) < 4.78 is 0. The van der Waals surface area contributed by atoms with E-state index >= 15 is 0 Å². The predicted molar refractivity (Wildman–Crippen MR) is 52.6 cm³/mol. The van der Waals surface area contributed by atoms with Crippen LogP contribution in [0.15, 0.2) is 18.2 Å². The van der Waals surface area contributed by atoms with Crippen molar-refractivity contribution in [3.05, 3.63) is 38.9 Å². The Morgan fingerprint density at radius 3 is 2.73 bits per heavy atom. The van der Waals surface area contributed by atoms with Crippen LogP contribution >= 0.6 is 11.6 Å². The molecular formula is C8H7ClN2O4. The number of carbonyl (C=O) groups is 1. The zero-order valence-corrected chi connectivity index (χ0v) is 8.45. The van der Waals surface area contributed by atoms with Gasteiger partial charge in [-0.25, -0.2) is 5.48 Å². The third-order valence-corrected chi connectivity index (χ3v) is 1.77. The van der Waals surface area contributed by atoms with E-state index in [0.29, 0.717) is 0 Å². The maximum atomic E-state index is 11.3. The summed E-state index contributed by atoms with van der Waals surface area (Å²) in [5, 5.41) is 10.6. The number of halogens is 1. The SMILES string of the molecule is CONC(=O)c1cc(Cl)cc([N+](=O)[O-])c1. The molecular weight excluding hydrogens is 224 g/mol. The molecule has 0 atom stereocenters. The van der Waals surface area contributed by atoms with Gasteiger partial charge in [0.05, 0.1) is 12.0 Å². The van der Waals surface area contributed by atoms with Gasteiger partial charge < -0.3 is 0 Å². The number of amides is 1. The Kier molecular flexibility index (Phi) is 3.59. The summed E-state index contributed by atoms with van der Waals surface area (Å²) in [5.41, 5.74) is 1.85. The van der Waals surface area contributed by atoms with Gasteiger partial charge in [-0.05, 0) is 6.07 Å². The van der Waals surface area contributed by atoms with E-state index in [2.05, 4.69) is 4.84 Å². The highest BCUT2D eigenvalue weighted by atomic mass is 35.5. The second kappa shape index (κ2) is 4.72. The van der Waals surface area contributed by atoms with Crippen LogP contribution in [0.1, 0.15) is 10.4 Å². The standard InChI is InChI=1S/C8H7ClN2O4/c1-15-10-8(12)5-2-6(9)4-7(3-5)11(13)14/h2-4H,1H3,(H,10,12). The number of hydrogen-bond donors (Lipinski definition) is 1. The minimum atomic E-state index is -0.630. The second-order valence-electron chi connectivity index (χ2n) is 2.59.